The SMILES string of the molecule is CC(C)N1C[C@@H](C)N(Cc2ccc(C(=O)CO)cc2)[C@@H](C)C1. The predicted octanol–water partition coefficient (Wildman–Crippen LogP) is 2.16. The summed E-state index contributed by atoms with van der Waals surface area (Å²) in [5.41, 5.74) is 1.79. The Morgan fingerprint density at radius 2 is 1.73 bits per heavy atom. The van der Waals surface area contributed by atoms with Crippen LogP contribution in [0.1, 0.15) is 43.6 Å². The second kappa shape index (κ2) is 7.36. The van der Waals surface area contributed by atoms with Crippen LogP contribution in [-0.2, 0) is 6.54 Å². The number of Topliss-reactive ketones (excluding diaryl/α,β-unsaturated/α-hetero) is 1. The van der Waals surface area contributed by atoms with Gasteiger partial charge in [-0.2, -0.15) is 0 Å². The molecule has 0 saturated carbocycles. The molecule has 4 heteroatoms. The molecule has 0 bridgehead atoms. The summed E-state index contributed by atoms with van der Waals surface area (Å²) in [6.45, 7) is 11.8. The molecule has 1 aliphatic heterocycles. The van der Waals surface area contributed by atoms with E-state index in [-0.39, 0.29) is 5.78 Å². The highest BCUT2D eigenvalue weighted by atomic mass is 16.3. The third kappa shape index (κ3) is 3.94. The van der Waals surface area contributed by atoms with E-state index in [0.717, 1.165) is 19.6 Å². The lowest BCUT2D eigenvalue weighted by molar-refractivity contribution is 0.0183. The normalized spacial score (nSPS) is 23.9. The minimum absolute atomic E-state index is 0.223. The monoisotopic (exact) mass is 304 g/mol. The molecule has 1 aromatic rings. The third-order valence-corrected chi connectivity index (χ3v) is 4.64. The summed E-state index contributed by atoms with van der Waals surface area (Å²) < 4.78 is 0. The molecule has 0 aromatic heterocycles. The number of hydrogen-bond donors (Lipinski definition) is 1. The number of ketones is 1. The van der Waals surface area contributed by atoms with Gasteiger partial charge in [0, 0.05) is 43.3 Å². The van der Waals surface area contributed by atoms with Gasteiger partial charge in [-0.1, -0.05) is 24.3 Å². The minimum atomic E-state index is -0.426. The van der Waals surface area contributed by atoms with Crippen molar-refractivity contribution in [2.75, 3.05) is 19.7 Å². The van der Waals surface area contributed by atoms with Crippen molar-refractivity contribution in [2.45, 2.75) is 52.4 Å². The lowest BCUT2D eigenvalue weighted by Crippen LogP contribution is -2.57. The maximum absolute atomic E-state index is 11.5. The number of carbonyl (C=O) groups is 1. The number of aliphatic hydroxyl groups excluding tert-OH is 1. The Morgan fingerprint density at radius 3 is 2.18 bits per heavy atom. The fourth-order valence-electron chi connectivity index (χ4n) is 3.23. The van der Waals surface area contributed by atoms with E-state index in [1.165, 1.54) is 5.56 Å². The first kappa shape index (κ1) is 17.1. The van der Waals surface area contributed by atoms with Crippen LogP contribution in [0.3, 0.4) is 0 Å². The average molecular weight is 304 g/mol. The third-order valence-electron chi connectivity index (χ3n) is 4.64. The van der Waals surface area contributed by atoms with Crippen molar-refractivity contribution in [1.82, 2.24) is 9.80 Å². The smallest absolute Gasteiger partial charge is 0.188 e. The molecule has 2 atom stereocenters. The molecule has 0 aliphatic carbocycles. The Labute approximate surface area is 133 Å². The van der Waals surface area contributed by atoms with E-state index in [0.29, 0.717) is 23.7 Å². The molecule has 22 heavy (non-hydrogen) atoms. The highest BCUT2D eigenvalue weighted by Crippen LogP contribution is 2.20. The van der Waals surface area contributed by atoms with Crippen LogP contribution in [-0.4, -0.2) is 58.5 Å². The largest absolute Gasteiger partial charge is 0.388 e. The fraction of sp³-hybridized carbons (Fsp3) is 0.611. The van der Waals surface area contributed by atoms with Gasteiger partial charge < -0.3 is 5.11 Å². The summed E-state index contributed by atoms with van der Waals surface area (Å²) in [5.74, 6) is -0.223. The molecule has 1 heterocycles. The number of rotatable bonds is 5. The van der Waals surface area contributed by atoms with Crippen molar-refractivity contribution in [1.29, 1.82) is 0 Å². The lowest BCUT2D eigenvalue weighted by Gasteiger charge is -2.46. The van der Waals surface area contributed by atoms with Crippen LogP contribution in [0.2, 0.25) is 0 Å². The fourth-order valence-corrected chi connectivity index (χ4v) is 3.23. The molecular formula is C18H28N2O2. The summed E-state index contributed by atoms with van der Waals surface area (Å²) in [6.07, 6.45) is 0. The van der Waals surface area contributed by atoms with Gasteiger partial charge in [0.1, 0.15) is 6.61 Å². The molecule has 1 aliphatic rings. The van der Waals surface area contributed by atoms with E-state index in [1.54, 1.807) is 0 Å². The highest BCUT2D eigenvalue weighted by molar-refractivity contribution is 5.96. The molecule has 1 fully saturated rings. The van der Waals surface area contributed by atoms with Crippen LogP contribution < -0.4 is 0 Å². The van der Waals surface area contributed by atoms with Crippen molar-refractivity contribution >= 4 is 5.78 Å². The molecule has 1 saturated heterocycles. The van der Waals surface area contributed by atoms with Gasteiger partial charge in [0.2, 0.25) is 0 Å². The van der Waals surface area contributed by atoms with Crippen molar-refractivity contribution in [3.63, 3.8) is 0 Å². The molecule has 4 nitrogen and oxygen atoms in total. The van der Waals surface area contributed by atoms with Gasteiger partial charge in [0.25, 0.3) is 0 Å². The van der Waals surface area contributed by atoms with Gasteiger partial charge in [-0.3, -0.25) is 14.6 Å². The first-order valence-corrected chi connectivity index (χ1v) is 8.15. The van der Waals surface area contributed by atoms with E-state index in [2.05, 4.69) is 37.5 Å². The van der Waals surface area contributed by atoms with E-state index < -0.39 is 6.61 Å². The maximum Gasteiger partial charge on any atom is 0.188 e. The van der Waals surface area contributed by atoms with Gasteiger partial charge in [0.05, 0.1) is 0 Å². The first-order valence-electron chi connectivity index (χ1n) is 8.15. The van der Waals surface area contributed by atoms with Crippen molar-refractivity contribution in [2.24, 2.45) is 0 Å². The molecule has 2 rings (SSSR count). The number of carbonyl (C=O) groups excluding carboxylic acids is 1. The molecule has 0 radical (unpaired) electrons. The number of hydrogen-bond acceptors (Lipinski definition) is 4. The zero-order valence-electron chi connectivity index (χ0n) is 14.1. The summed E-state index contributed by atoms with van der Waals surface area (Å²) >= 11 is 0. The summed E-state index contributed by atoms with van der Waals surface area (Å²) in [6, 6.07) is 9.25. The Bertz CT molecular complexity index is 486. The predicted molar refractivity (Wildman–Crippen MR) is 89.0 cm³/mol. The van der Waals surface area contributed by atoms with Crippen molar-refractivity contribution in [3.05, 3.63) is 35.4 Å². The first-order chi connectivity index (χ1) is 10.4. The summed E-state index contributed by atoms with van der Waals surface area (Å²) in [4.78, 5) is 16.5. The Kier molecular flexibility index (Phi) is 5.73. The van der Waals surface area contributed by atoms with Gasteiger partial charge in [-0.25, -0.2) is 0 Å². The number of nitrogens with zero attached hydrogens (tertiary/aromatic N) is 2. The quantitative estimate of drug-likeness (QED) is 0.847. The molecule has 122 valence electrons. The van der Waals surface area contributed by atoms with Crippen LogP contribution >= 0.6 is 0 Å². The number of benzene rings is 1. The number of aliphatic hydroxyl groups is 1. The molecule has 1 aromatic carbocycles. The minimum Gasteiger partial charge on any atom is -0.388 e. The van der Waals surface area contributed by atoms with Crippen molar-refractivity contribution < 1.29 is 9.90 Å². The second-order valence-electron chi connectivity index (χ2n) is 6.70. The zero-order valence-corrected chi connectivity index (χ0v) is 14.1. The summed E-state index contributed by atoms with van der Waals surface area (Å²) in [7, 11) is 0. The summed E-state index contributed by atoms with van der Waals surface area (Å²) in [5, 5.41) is 8.90. The standard InChI is InChI=1S/C18H28N2O2/c1-13(2)19-9-14(3)20(15(4)10-19)11-16-5-7-17(8-6-16)18(22)12-21/h5-8,13-15,21H,9-12H2,1-4H3/t14-,15+. The van der Waals surface area contributed by atoms with Crippen LogP contribution in [0.15, 0.2) is 24.3 Å². The van der Waals surface area contributed by atoms with Gasteiger partial charge in [0.15, 0.2) is 5.78 Å². The van der Waals surface area contributed by atoms with Crippen LogP contribution in [0.4, 0.5) is 0 Å². The van der Waals surface area contributed by atoms with E-state index in [9.17, 15) is 4.79 Å². The zero-order chi connectivity index (χ0) is 16.3. The van der Waals surface area contributed by atoms with Crippen LogP contribution in [0, 0.1) is 0 Å². The molecular weight excluding hydrogens is 276 g/mol. The van der Waals surface area contributed by atoms with Gasteiger partial charge in [-0.15, -0.1) is 0 Å². The Hall–Kier alpha value is -1.23. The number of piperazine rings is 1. The van der Waals surface area contributed by atoms with Crippen molar-refractivity contribution in [3.8, 4) is 0 Å². The van der Waals surface area contributed by atoms with Crippen LogP contribution in [0.25, 0.3) is 0 Å². The van der Waals surface area contributed by atoms with E-state index in [1.807, 2.05) is 24.3 Å². The Balaban J connectivity index is 2.02. The van der Waals surface area contributed by atoms with E-state index in [4.69, 9.17) is 5.11 Å². The average Bonchev–Trinajstić information content (AvgIpc) is 2.50. The topological polar surface area (TPSA) is 43.8 Å². The second-order valence-corrected chi connectivity index (χ2v) is 6.70. The van der Waals surface area contributed by atoms with Gasteiger partial charge >= 0.3 is 0 Å². The van der Waals surface area contributed by atoms with Gasteiger partial charge in [-0.05, 0) is 33.3 Å². The molecule has 0 spiro atoms. The molecule has 0 amide bonds. The van der Waals surface area contributed by atoms with E-state index >= 15 is 0 Å². The molecule has 0 unspecified atom stereocenters. The highest BCUT2D eigenvalue weighted by Gasteiger charge is 2.30. The Morgan fingerprint density at radius 1 is 1.18 bits per heavy atom. The maximum atomic E-state index is 11.5. The lowest BCUT2D eigenvalue weighted by atomic mass is 10.0. The van der Waals surface area contributed by atoms with Crippen LogP contribution in [0.5, 0.6) is 0 Å². The molecule has 1 N–H and O–H groups in total.